The second-order valence-corrected chi connectivity index (χ2v) is 14.0. The number of rotatable bonds is 8. The Morgan fingerprint density at radius 1 is 0.353 bits per heavy atom. The average molecular weight is 673 g/mol. The highest BCUT2D eigenvalue weighted by molar-refractivity contribution is 7.25. The largest absolute Gasteiger partial charge is 0.314 e. The number of nitrogens with zero attached hydrogens (tertiary/aromatic N) is 2. The molecule has 0 aliphatic heterocycles. The van der Waals surface area contributed by atoms with Crippen molar-refractivity contribution in [2.75, 3.05) is 9.80 Å². The van der Waals surface area contributed by atoms with E-state index in [1.165, 1.54) is 59.5 Å². The third-order valence-electron chi connectivity index (χ3n) is 9.77. The molecule has 7 aromatic carbocycles. The molecule has 1 aliphatic carbocycles. The zero-order valence-electron chi connectivity index (χ0n) is 28.2. The van der Waals surface area contributed by atoms with Crippen molar-refractivity contribution >= 4 is 65.5 Å². The first-order chi connectivity index (χ1) is 25.3. The molecule has 9 rings (SSSR count). The predicted octanol–water partition coefficient (Wildman–Crippen LogP) is 14.1. The van der Waals surface area contributed by atoms with E-state index in [-0.39, 0.29) is 0 Å². The molecule has 0 saturated heterocycles. The van der Waals surface area contributed by atoms with Crippen LogP contribution in [0.4, 0.5) is 28.4 Å². The molecule has 1 aromatic heterocycles. The molecule has 3 heteroatoms. The second kappa shape index (κ2) is 13.6. The van der Waals surface area contributed by atoms with Gasteiger partial charge in [0.15, 0.2) is 0 Å². The monoisotopic (exact) mass is 672 g/mol. The molecule has 1 aliphatic rings. The van der Waals surface area contributed by atoms with E-state index in [4.69, 9.17) is 0 Å². The van der Waals surface area contributed by atoms with E-state index in [2.05, 4.69) is 204 Å². The minimum Gasteiger partial charge on any atom is -0.314 e. The van der Waals surface area contributed by atoms with Crippen LogP contribution in [0.15, 0.2) is 200 Å². The van der Waals surface area contributed by atoms with Crippen LogP contribution in [0.1, 0.15) is 18.4 Å². The SMILES string of the molecule is C1=C(c2ccc3sc4ccc(-c5ccc(N(c6ccccc6)c6ccccc6)cc5)cc4c3c2)CCC(N(c2ccccc2)c2ccccc2)=C1. The quantitative estimate of drug-likeness (QED) is 0.158. The summed E-state index contributed by atoms with van der Waals surface area (Å²) in [6.07, 6.45) is 6.61. The van der Waals surface area contributed by atoms with Gasteiger partial charge in [-0.1, -0.05) is 103 Å². The Balaban J connectivity index is 1.03. The minimum atomic E-state index is 0.976. The molecule has 0 fully saturated rings. The van der Waals surface area contributed by atoms with E-state index < -0.39 is 0 Å². The van der Waals surface area contributed by atoms with Gasteiger partial charge in [-0.25, -0.2) is 0 Å². The Morgan fingerprint density at radius 3 is 1.27 bits per heavy atom. The Kier molecular flexibility index (Phi) is 8.25. The first-order valence-electron chi connectivity index (χ1n) is 17.6. The molecule has 0 atom stereocenters. The van der Waals surface area contributed by atoms with Crippen LogP contribution in [0.2, 0.25) is 0 Å². The van der Waals surface area contributed by atoms with Gasteiger partial charge in [0.1, 0.15) is 0 Å². The van der Waals surface area contributed by atoms with Crippen molar-refractivity contribution in [3.05, 3.63) is 205 Å². The fraction of sp³-hybridized carbons (Fsp3) is 0.0417. The van der Waals surface area contributed by atoms with E-state index >= 15 is 0 Å². The highest BCUT2D eigenvalue weighted by Crippen LogP contribution is 2.41. The topological polar surface area (TPSA) is 6.48 Å². The molecule has 51 heavy (non-hydrogen) atoms. The number of fused-ring (bicyclic) bond motifs is 3. The smallest absolute Gasteiger partial charge is 0.0462 e. The van der Waals surface area contributed by atoms with E-state index in [0.29, 0.717) is 0 Å². The van der Waals surface area contributed by atoms with Gasteiger partial charge in [-0.2, -0.15) is 0 Å². The zero-order valence-corrected chi connectivity index (χ0v) is 29.0. The van der Waals surface area contributed by atoms with Gasteiger partial charge >= 0.3 is 0 Å². The summed E-state index contributed by atoms with van der Waals surface area (Å²) in [5.74, 6) is 0. The molecular formula is C48H36N2S. The molecule has 0 amide bonds. The number of hydrogen-bond donors (Lipinski definition) is 0. The van der Waals surface area contributed by atoms with Gasteiger partial charge in [0.25, 0.3) is 0 Å². The highest BCUT2D eigenvalue weighted by Gasteiger charge is 2.19. The molecule has 1 heterocycles. The molecule has 0 N–H and O–H groups in total. The summed E-state index contributed by atoms with van der Waals surface area (Å²) in [5.41, 5.74) is 12.2. The van der Waals surface area contributed by atoms with E-state index in [9.17, 15) is 0 Å². The number of allylic oxidation sites excluding steroid dienone is 4. The van der Waals surface area contributed by atoms with Crippen LogP contribution in [0.25, 0.3) is 36.9 Å². The first kappa shape index (κ1) is 30.9. The summed E-state index contributed by atoms with van der Waals surface area (Å²) in [6, 6.07) is 65.4. The third-order valence-corrected chi connectivity index (χ3v) is 10.9. The van der Waals surface area contributed by atoms with Crippen molar-refractivity contribution in [3.63, 3.8) is 0 Å². The van der Waals surface area contributed by atoms with Crippen LogP contribution >= 0.6 is 11.3 Å². The zero-order chi connectivity index (χ0) is 34.0. The van der Waals surface area contributed by atoms with Crippen molar-refractivity contribution in [1.82, 2.24) is 0 Å². The van der Waals surface area contributed by atoms with Crippen molar-refractivity contribution in [1.29, 1.82) is 0 Å². The fourth-order valence-electron chi connectivity index (χ4n) is 7.25. The van der Waals surface area contributed by atoms with E-state index in [1.54, 1.807) is 0 Å². The van der Waals surface area contributed by atoms with Crippen LogP contribution in [-0.2, 0) is 0 Å². The normalized spacial score (nSPS) is 12.8. The van der Waals surface area contributed by atoms with Gasteiger partial charge in [0, 0.05) is 54.3 Å². The van der Waals surface area contributed by atoms with Crippen molar-refractivity contribution in [3.8, 4) is 11.1 Å². The molecule has 0 spiro atoms. The molecular weight excluding hydrogens is 637 g/mol. The summed E-state index contributed by atoms with van der Waals surface area (Å²) in [6.45, 7) is 0. The summed E-state index contributed by atoms with van der Waals surface area (Å²) >= 11 is 1.88. The van der Waals surface area contributed by atoms with E-state index in [0.717, 1.165) is 29.9 Å². The van der Waals surface area contributed by atoms with Crippen molar-refractivity contribution < 1.29 is 0 Å². The van der Waals surface area contributed by atoms with Crippen molar-refractivity contribution in [2.24, 2.45) is 0 Å². The van der Waals surface area contributed by atoms with Gasteiger partial charge < -0.3 is 9.80 Å². The molecule has 0 unspecified atom stereocenters. The van der Waals surface area contributed by atoms with Crippen molar-refractivity contribution in [2.45, 2.75) is 12.8 Å². The number of hydrogen-bond acceptors (Lipinski definition) is 3. The Bertz CT molecular complexity index is 2420. The summed E-state index contributed by atoms with van der Waals surface area (Å²) in [5, 5.41) is 2.65. The standard InChI is InChI=1S/C48H36N2S/c1-5-13-39(14-6-1)49(40-15-7-2-8-16-40)43-27-21-35(22-28-43)37-25-31-47-45(33-37)46-34-38(26-32-48(46)51-47)36-23-29-44(30-24-36)50(41-17-9-3-10-18-41)42-19-11-4-12-20-42/h1-23,25-29,31-34H,24,30H2. The lowest BCUT2D eigenvalue weighted by Gasteiger charge is -2.30. The maximum Gasteiger partial charge on any atom is 0.0462 e. The Hall–Kier alpha value is -6.16. The minimum absolute atomic E-state index is 0.976. The van der Waals surface area contributed by atoms with Gasteiger partial charge in [-0.05, 0) is 126 Å². The summed E-state index contributed by atoms with van der Waals surface area (Å²) < 4.78 is 2.65. The molecule has 0 bridgehead atoms. The predicted molar refractivity (Wildman–Crippen MR) is 220 cm³/mol. The second-order valence-electron chi connectivity index (χ2n) is 12.9. The average Bonchev–Trinajstić information content (AvgIpc) is 3.58. The molecule has 244 valence electrons. The van der Waals surface area contributed by atoms with E-state index in [1.807, 2.05) is 11.3 Å². The Morgan fingerprint density at radius 2 is 0.784 bits per heavy atom. The number of anilines is 5. The van der Waals surface area contributed by atoms with Gasteiger partial charge in [-0.15, -0.1) is 11.3 Å². The van der Waals surface area contributed by atoms with Crippen LogP contribution in [-0.4, -0.2) is 0 Å². The molecule has 0 saturated carbocycles. The lowest BCUT2D eigenvalue weighted by molar-refractivity contribution is 0.930. The number of thiophene rings is 1. The van der Waals surface area contributed by atoms with Crippen LogP contribution in [0.5, 0.6) is 0 Å². The number of benzene rings is 7. The number of para-hydroxylation sites is 4. The molecule has 8 aromatic rings. The van der Waals surface area contributed by atoms with Gasteiger partial charge in [-0.3, -0.25) is 0 Å². The summed E-state index contributed by atoms with van der Waals surface area (Å²) in [4.78, 5) is 4.69. The fourth-order valence-corrected chi connectivity index (χ4v) is 8.32. The molecule has 2 nitrogen and oxygen atoms in total. The third kappa shape index (κ3) is 6.14. The molecule has 0 radical (unpaired) electrons. The maximum atomic E-state index is 2.41. The Labute approximate surface area is 303 Å². The summed E-state index contributed by atoms with van der Waals surface area (Å²) in [7, 11) is 0. The van der Waals surface area contributed by atoms with Crippen LogP contribution in [0, 0.1) is 0 Å². The first-order valence-corrected chi connectivity index (χ1v) is 18.4. The lowest BCUT2D eigenvalue weighted by atomic mass is 9.93. The highest BCUT2D eigenvalue weighted by atomic mass is 32.1. The van der Waals surface area contributed by atoms with Crippen LogP contribution < -0.4 is 9.80 Å². The lowest BCUT2D eigenvalue weighted by Crippen LogP contribution is -2.17. The van der Waals surface area contributed by atoms with Gasteiger partial charge in [0.2, 0.25) is 0 Å². The maximum absolute atomic E-state index is 2.41. The van der Waals surface area contributed by atoms with Gasteiger partial charge in [0.05, 0.1) is 0 Å². The van der Waals surface area contributed by atoms with Crippen LogP contribution in [0.3, 0.4) is 0 Å².